The first kappa shape index (κ1) is 16.5. The van der Waals surface area contributed by atoms with Crippen molar-refractivity contribution in [1.29, 1.82) is 0 Å². The van der Waals surface area contributed by atoms with Gasteiger partial charge in [-0.1, -0.05) is 19.8 Å². The molecule has 2 atom stereocenters. The minimum absolute atomic E-state index is 0.0826. The first-order valence-corrected chi connectivity index (χ1v) is 9.33. The van der Waals surface area contributed by atoms with Crippen molar-refractivity contribution in [3.8, 4) is 0 Å². The fourth-order valence-electron chi connectivity index (χ4n) is 4.44. The Hall–Kier alpha value is -1.95. The zero-order valence-corrected chi connectivity index (χ0v) is 15.4. The van der Waals surface area contributed by atoms with Crippen LogP contribution in [-0.2, 0) is 0 Å². The number of likely N-dealkylation sites (N-methyl/N-ethyl adjacent to an activating group) is 1. The lowest BCUT2D eigenvalue weighted by molar-refractivity contribution is 0.0781. The van der Waals surface area contributed by atoms with E-state index in [1.54, 1.807) is 6.20 Å². The van der Waals surface area contributed by atoms with E-state index in [0.29, 0.717) is 23.6 Å². The first-order chi connectivity index (χ1) is 12.0. The van der Waals surface area contributed by atoms with E-state index < -0.39 is 0 Å². The van der Waals surface area contributed by atoms with Crippen molar-refractivity contribution in [3.05, 3.63) is 24.0 Å². The van der Waals surface area contributed by atoms with Crippen LogP contribution in [-0.4, -0.2) is 63.7 Å². The van der Waals surface area contributed by atoms with Crippen molar-refractivity contribution in [2.24, 2.45) is 5.92 Å². The van der Waals surface area contributed by atoms with Crippen molar-refractivity contribution >= 4 is 16.9 Å². The van der Waals surface area contributed by atoms with Gasteiger partial charge in [-0.05, 0) is 38.9 Å². The number of hydrogen-bond donors (Lipinski definition) is 0. The topological polar surface area (TPSA) is 54.3 Å². The Balaban J connectivity index is 1.57. The molecule has 0 N–H and O–H groups in total. The number of fused-ring (bicyclic) bond motifs is 1. The van der Waals surface area contributed by atoms with E-state index in [2.05, 4.69) is 40.7 Å². The van der Waals surface area contributed by atoms with E-state index in [-0.39, 0.29) is 5.91 Å². The van der Waals surface area contributed by atoms with Gasteiger partial charge in [-0.25, -0.2) is 9.67 Å². The third-order valence-electron chi connectivity index (χ3n) is 5.87. The SMILES string of the molecule is C[C@H]1CN(C(=O)c2cnc3c(cnn3C3CCCC3)c2)C[C@@H]1N(C)C. The van der Waals surface area contributed by atoms with Crippen LogP contribution in [0.4, 0.5) is 0 Å². The zero-order valence-electron chi connectivity index (χ0n) is 15.4. The summed E-state index contributed by atoms with van der Waals surface area (Å²) in [5.74, 6) is 0.569. The molecule has 6 heteroatoms. The van der Waals surface area contributed by atoms with Gasteiger partial charge < -0.3 is 9.80 Å². The fraction of sp³-hybridized carbons (Fsp3) is 0.632. The summed E-state index contributed by atoms with van der Waals surface area (Å²) in [7, 11) is 4.17. The molecule has 1 amide bonds. The highest BCUT2D eigenvalue weighted by molar-refractivity contribution is 5.97. The van der Waals surface area contributed by atoms with Crippen LogP contribution in [0.5, 0.6) is 0 Å². The fourth-order valence-corrected chi connectivity index (χ4v) is 4.44. The summed E-state index contributed by atoms with van der Waals surface area (Å²) in [6.45, 7) is 3.80. The largest absolute Gasteiger partial charge is 0.337 e. The average molecular weight is 341 g/mol. The maximum Gasteiger partial charge on any atom is 0.255 e. The Morgan fingerprint density at radius 2 is 1.96 bits per heavy atom. The lowest BCUT2D eigenvalue weighted by atomic mass is 10.1. The third kappa shape index (κ3) is 2.92. The van der Waals surface area contributed by atoms with E-state index in [4.69, 9.17) is 0 Å². The van der Waals surface area contributed by atoms with E-state index in [1.165, 1.54) is 25.7 Å². The minimum Gasteiger partial charge on any atom is -0.337 e. The molecule has 25 heavy (non-hydrogen) atoms. The van der Waals surface area contributed by atoms with Gasteiger partial charge in [0, 0.05) is 30.7 Å². The van der Waals surface area contributed by atoms with Gasteiger partial charge in [0.25, 0.3) is 5.91 Å². The lowest BCUT2D eigenvalue weighted by Gasteiger charge is -2.22. The van der Waals surface area contributed by atoms with Crippen molar-refractivity contribution < 1.29 is 4.79 Å². The highest BCUT2D eigenvalue weighted by atomic mass is 16.2. The van der Waals surface area contributed by atoms with Crippen LogP contribution in [0.15, 0.2) is 18.5 Å². The predicted molar refractivity (Wildman–Crippen MR) is 97.6 cm³/mol. The van der Waals surface area contributed by atoms with E-state index in [1.807, 2.05) is 17.2 Å². The Morgan fingerprint density at radius 1 is 1.20 bits per heavy atom. The summed E-state index contributed by atoms with van der Waals surface area (Å²) in [5, 5.41) is 5.51. The van der Waals surface area contributed by atoms with Crippen LogP contribution in [0.2, 0.25) is 0 Å². The van der Waals surface area contributed by atoms with E-state index >= 15 is 0 Å². The Kier molecular flexibility index (Phi) is 4.23. The molecule has 0 radical (unpaired) electrons. The molecule has 2 aromatic rings. The van der Waals surface area contributed by atoms with Crippen LogP contribution in [0.3, 0.4) is 0 Å². The molecule has 2 fully saturated rings. The van der Waals surface area contributed by atoms with Gasteiger partial charge >= 0.3 is 0 Å². The molecule has 2 aromatic heterocycles. The number of likely N-dealkylation sites (tertiary alicyclic amines) is 1. The summed E-state index contributed by atoms with van der Waals surface area (Å²) in [6, 6.07) is 2.84. The van der Waals surface area contributed by atoms with Crippen molar-refractivity contribution in [3.63, 3.8) is 0 Å². The molecule has 2 aliphatic rings. The highest BCUT2D eigenvalue weighted by Gasteiger charge is 2.34. The molecule has 0 bridgehead atoms. The number of rotatable bonds is 3. The van der Waals surface area contributed by atoms with E-state index in [0.717, 1.165) is 24.1 Å². The monoisotopic (exact) mass is 341 g/mol. The lowest BCUT2D eigenvalue weighted by Crippen LogP contribution is -2.35. The first-order valence-electron chi connectivity index (χ1n) is 9.33. The number of hydrogen-bond acceptors (Lipinski definition) is 4. The van der Waals surface area contributed by atoms with Crippen molar-refractivity contribution in [1.82, 2.24) is 24.6 Å². The molecule has 0 spiro atoms. The maximum atomic E-state index is 12.9. The molecule has 3 heterocycles. The maximum absolute atomic E-state index is 12.9. The second-order valence-electron chi connectivity index (χ2n) is 7.88. The highest BCUT2D eigenvalue weighted by Crippen LogP contribution is 2.31. The molecule has 1 aliphatic carbocycles. The summed E-state index contributed by atoms with van der Waals surface area (Å²) in [6.07, 6.45) is 8.47. The normalized spacial score (nSPS) is 24.7. The Morgan fingerprint density at radius 3 is 2.64 bits per heavy atom. The van der Waals surface area contributed by atoms with Gasteiger partial charge in [-0.15, -0.1) is 0 Å². The number of carbonyl (C=O) groups excluding carboxylic acids is 1. The number of nitrogens with zero attached hydrogens (tertiary/aromatic N) is 5. The number of pyridine rings is 1. The third-order valence-corrected chi connectivity index (χ3v) is 5.87. The standard InChI is InChI=1S/C19H27N5O/c1-13-11-23(12-17(13)22(2)3)19(25)15-8-14-10-21-24(18(14)20-9-15)16-6-4-5-7-16/h8-10,13,16-17H,4-7,11-12H2,1-3H3/t13-,17-/m0/s1. The van der Waals surface area contributed by atoms with Crippen molar-refractivity contribution in [2.45, 2.75) is 44.7 Å². The van der Waals surface area contributed by atoms with Gasteiger partial charge in [-0.2, -0.15) is 5.10 Å². The van der Waals surface area contributed by atoms with Crippen LogP contribution < -0.4 is 0 Å². The average Bonchev–Trinajstić information content (AvgIpc) is 3.32. The number of carbonyl (C=O) groups is 1. The van der Waals surface area contributed by atoms with Crippen LogP contribution in [0.1, 0.15) is 49.0 Å². The van der Waals surface area contributed by atoms with Crippen LogP contribution in [0.25, 0.3) is 11.0 Å². The van der Waals surface area contributed by atoms with Crippen LogP contribution >= 0.6 is 0 Å². The van der Waals surface area contributed by atoms with E-state index in [9.17, 15) is 4.79 Å². The number of amides is 1. The molecule has 134 valence electrons. The van der Waals surface area contributed by atoms with Gasteiger partial charge in [0.1, 0.15) is 0 Å². The molecular formula is C19H27N5O. The molecule has 1 saturated carbocycles. The second kappa shape index (κ2) is 6.41. The Labute approximate surface area is 148 Å². The molecule has 1 saturated heterocycles. The summed E-state index contributed by atoms with van der Waals surface area (Å²) in [5.41, 5.74) is 1.58. The Bertz CT molecular complexity index is 777. The van der Waals surface area contributed by atoms with Gasteiger partial charge in [0.2, 0.25) is 0 Å². The zero-order chi connectivity index (χ0) is 17.6. The quantitative estimate of drug-likeness (QED) is 0.861. The van der Waals surface area contributed by atoms with Gasteiger partial charge in [0.05, 0.1) is 17.8 Å². The number of aromatic nitrogens is 3. The van der Waals surface area contributed by atoms with Crippen molar-refractivity contribution in [2.75, 3.05) is 27.2 Å². The van der Waals surface area contributed by atoms with Crippen LogP contribution in [0, 0.1) is 5.92 Å². The van der Waals surface area contributed by atoms with Gasteiger partial charge in [-0.3, -0.25) is 4.79 Å². The molecule has 1 aliphatic heterocycles. The molecule has 0 aromatic carbocycles. The predicted octanol–water partition coefficient (Wildman–Crippen LogP) is 2.57. The summed E-state index contributed by atoms with van der Waals surface area (Å²) < 4.78 is 2.05. The summed E-state index contributed by atoms with van der Waals surface area (Å²) >= 11 is 0. The molecule has 4 rings (SSSR count). The molecule has 0 unspecified atom stereocenters. The summed E-state index contributed by atoms with van der Waals surface area (Å²) in [4.78, 5) is 21.7. The van der Waals surface area contributed by atoms with Gasteiger partial charge in [0.15, 0.2) is 5.65 Å². The minimum atomic E-state index is 0.0826. The second-order valence-corrected chi connectivity index (χ2v) is 7.88. The molecule has 6 nitrogen and oxygen atoms in total. The molecular weight excluding hydrogens is 314 g/mol. The smallest absolute Gasteiger partial charge is 0.255 e.